The van der Waals surface area contributed by atoms with Crippen molar-refractivity contribution in [1.82, 2.24) is 0 Å². The average molecular weight is 416 g/mol. The third kappa shape index (κ3) is 4.51. The van der Waals surface area contributed by atoms with Crippen molar-refractivity contribution in [2.45, 2.75) is 0 Å². The third-order valence-electron chi connectivity index (χ3n) is 4.65. The Hall–Kier alpha value is -4.26. The van der Waals surface area contributed by atoms with Gasteiger partial charge in [-0.2, -0.15) is 0 Å². The van der Waals surface area contributed by atoms with Gasteiger partial charge in [-0.1, -0.05) is 30.3 Å². The van der Waals surface area contributed by atoms with Crippen LogP contribution in [0.25, 0.3) is 28.0 Å². The number of hydrogen-bond donors (Lipinski definition) is 2. The molecule has 4 rings (SSSR count). The maximum Gasteiger partial charge on any atom is 0.255 e. The van der Waals surface area contributed by atoms with Crippen LogP contribution < -0.4 is 20.5 Å². The summed E-state index contributed by atoms with van der Waals surface area (Å²) in [6, 6.07) is 18.3. The summed E-state index contributed by atoms with van der Waals surface area (Å²) in [4.78, 5) is 23.2. The Morgan fingerprint density at radius 3 is 2.55 bits per heavy atom. The lowest BCUT2D eigenvalue weighted by atomic mass is 10.1. The summed E-state index contributed by atoms with van der Waals surface area (Å²) in [5, 5.41) is 4.73. The van der Waals surface area contributed by atoms with Crippen LogP contribution in [0.2, 0.25) is 0 Å². The summed E-state index contributed by atoms with van der Waals surface area (Å²) in [6.45, 7) is -0.186. The van der Waals surface area contributed by atoms with Crippen LogP contribution in [0.15, 0.2) is 71.2 Å². The van der Waals surface area contributed by atoms with Gasteiger partial charge in [-0.05, 0) is 35.9 Å². The Morgan fingerprint density at radius 2 is 1.81 bits per heavy atom. The summed E-state index contributed by atoms with van der Waals surface area (Å²) < 4.78 is 16.6. The van der Waals surface area contributed by atoms with Crippen LogP contribution in [0, 0.1) is 0 Å². The second kappa shape index (κ2) is 8.62. The van der Waals surface area contributed by atoms with Gasteiger partial charge in [0.25, 0.3) is 5.91 Å². The predicted molar refractivity (Wildman–Crippen MR) is 119 cm³/mol. The molecule has 0 saturated heterocycles. The first kappa shape index (κ1) is 20.0. The molecular weight excluding hydrogens is 396 g/mol. The van der Waals surface area contributed by atoms with Gasteiger partial charge in [-0.15, -0.1) is 0 Å². The van der Waals surface area contributed by atoms with Gasteiger partial charge < -0.3 is 24.9 Å². The van der Waals surface area contributed by atoms with E-state index in [2.05, 4.69) is 5.32 Å². The van der Waals surface area contributed by atoms with Gasteiger partial charge in [0, 0.05) is 22.9 Å². The summed E-state index contributed by atoms with van der Waals surface area (Å²) >= 11 is 0. The second-order valence-electron chi connectivity index (χ2n) is 6.79. The first-order chi connectivity index (χ1) is 15.0. The predicted octanol–water partition coefficient (Wildman–Crippen LogP) is 4.11. The molecule has 1 aromatic heterocycles. The average Bonchev–Trinajstić information content (AvgIpc) is 3.13. The number of rotatable bonds is 7. The Balaban J connectivity index is 1.50. The van der Waals surface area contributed by atoms with Crippen molar-refractivity contribution < 1.29 is 23.5 Å². The van der Waals surface area contributed by atoms with Gasteiger partial charge in [0.15, 0.2) is 6.61 Å². The number of methoxy groups -OCH3 is 1. The zero-order chi connectivity index (χ0) is 21.8. The van der Waals surface area contributed by atoms with Crippen molar-refractivity contribution >= 4 is 45.5 Å². The van der Waals surface area contributed by atoms with Crippen LogP contribution >= 0.6 is 0 Å². The van der Waals surface area contributed by atoms with Gasteiger partial charge in [0.2, 0.25) is 5.91 Å². The normalized spacial score (nSPS) is 11.1. The first-order valence-corrected chi connectivity index (χ1v) is 9.53. The molecule has 0 unspecified atom stereocenters. The maximum absolute atomic E-state index is 12.4. The minimum Gasteiger partial charge on any atom is -0.495 e. The number of fused-ring (bicyclic) bond motifs is 3. The lowest BCUT2D eigenvalue weighted by Crippen LogP contribution is -2.19. The molecule has 31 heavy (non-hydrogen) atoms. The largest absolute Gasteiger partial charge is 0.495 e. The highest BCUT2D eigenvalue weighted by Crippen LogP contribution is 2.36. The van der Waals surface area contributed by atoms with E-state index in [1.165, 1.54) is 6.08 Å². The molecule has 3 N–H and O–H groups in total. The molecule has 0 fully saturated rings. The summed E-state index contributed by atoms with van der Waals surface area (Å²) in [7, 11) is 1.55. The SMILES string of the molecule is COc1cc2c(cc1NC(=O)C=Cc1ccc(OCC(N)=O)cc1)oc1ccccc12. The van der Waals surface area contributed by atoms with Crippen molar-refractivity contribution in [3.8, 4) is 11.5 Å². The number of para-hydroxylation sites is 1. The number of hydrogen-bond acceptors (Lipinski definition) is 5. The van der Waals surface area contributed by atoms with E-state index < -0.39 is 5.91 Å². The van der Waals surface area contributed by atoms with Crippen LogP contribution in [-0.2, 0) is 9.59 Å². The smallest absolute Gasteiger partial charge is 0.255 e. The Bertz CT molecular complexity index is 1290. The molecule has 1 heterocycles. The van der Waals surface area contributed by atoms with Gasteiger partial charge in [0.05, 0.1) is 12.8 Å². The highest BCUT2D eigenvalue weighted by Gasteiger charge is 2.13. The summed E-state index contributed by atoms with van der Waals surface area (Å²) in [5.74, 6) is 0.195. The lowest BCUT2D eigenvalue weighted by Gasteiger charge is -2.09. The van der Waals surface area contributed by atoms with Crippen LogP contribution in [-0.4, -0.2) is 25.5 Å². The first-order valence-electron chi connectivity index (χ1n) is 9.53. The van der Waals surface area contributed by atoms with Crippen molar-refractivity contribution in [1.29, 1.82) is 0 Å². The highest BCUT2D eigenvalue weighted by atomic mass is 16.5. The Labute approximate surface area is 178 Å². The maximum atomic E-state index is 12.4. The molecule has 4 aromatic rings. The molecule has 3 aromatic carbocycles. The van der Waals surface area contributed by atoms with Crippen molar-refractivity contribution in [3.05, 3.63) is 72.3 Å². The number of carbonyl (C=O) groups is 2. The van der Waals surface area contributed by atoms with Crippen LogP contribution in [0.3, 0.4) is 0 Å². The molecule has 156 valence electrons. The van der Waals surface area contributed by atoms with Crippen molar-refractivity contribution in [2.24, 2.45) is 5.73 Å². The van der Waals surface area contributed by atoms with Gasteiger partial charge >= 0.3 is 0 Å². The quantitative estimate of drug-likeness (QED) is 0.441. The fourth-order valence-electron chi connectivity index (χ4n) is 3.19. The summed E-state index contributed by atoms with van der Waals surface area (Å²) in [6.07, 6.45) is 3.08. The van der Waals surface area contributed by atoms with Crippen LogP contribution in [0.1, 0.15) is 5.56 Å². The molecule has 2 amide bonds. The van der Waals surface area contributed by atoms with E-state index in [1.54, 1.807) is 43.5 Å². The second-order valence-corrected chi connectivity index (χ2v) is 6.79. The third-order valence-corrected chi connectivity index (χ3v) is 4.65. The standard InChI is InChI=1S/C24H20N2O5/c1-29-22-12-18-17-4-2-3-5-20(17)31-21(18)13-19(22)26-24(28)11-8-15-6-9-16(10-7-15)30-14-23(25)27/h2-13H,14H2,1H3,(H2,25,27)(H,26,28). The number of anilines is 1. The number of carbonyl (C=O) groups excluding carboxylic acids is 2. The van der Waals surface area contributed by atoms with E-state index in [0.717, 1.165) is 21.9 Å². The molecule has 0 aliphatic heterocycles. The number of benzene rings is 3. The monoisotopic (exact) mass is 416 g/mol. The summed E-state index contributed by atoms with van der Waals surface area (Å²) in [5.41, 5.74) is 7.79. The molecule has 0 spiro atoms. The Morgan fingerprint density at radius 1 is 1.03 bits per heavy atom. The van der Waals surface area contributed by atoms with Gasteiger partial charge in [-0.25, -0.2) is 0 Å². The number of nitrogens with two attached hydrogens (primary N) is 1. The molecule has 0 atom stereocenters. The van der Waals surface area contributed by atoms with Crippen LogP contribution in [0.5, 0.6) is 11.5 Å². The molecule has 7 nitrogen and oxygen atoms in total. The lowest BCUT2D eigenvalue weighted by molar-refractivity contribution is -0.120. The van der Waals surface area contributed by atoms with Crippen molar-refractivity contribution in [2.75, 3.05) is 19.0 Å². The number of nitrogens with one attached hydrogen (secondary N) is 1. The topological polar surface area (TPSA) is 104 Å². The zero-order valence-electron chi connectivity index (χ0n) is 16.8. The molecule has 0 saturated carbocycles. The Kier molecular flexibility index (Phi) is 5.57. The van der Waals surface area contributed by atoms with E-state index in [1.807, 2.05) is 30.3 Å². The van der Waals surface area contributed by atoms with E-state index in [9.17, 15) is 9.59 Å². The molecule has 0 aliphatic carbocycles. The zero-order valence-corrected chi connectivity index (χ0v) is 16.8. The molecule has 7 heteroatoms. The van der Waals surface area contributed by atoms with Gasteiger partial charge in [-0.3, -0.25) is 9.59 Å². The fraction of sp³-hybridized carbons (Fsp3) is 0.0833. The van der Waals surface area contributed by atoms with E-state index in [-0.39, 0.29) is 12.5 Å². The van der Waals surface area contributed by atoms with E-state index >= 15 is 0 Å². The number of amides is 2. The fourth-order valence-corrected chi connectivity index (χ4v) is 3.19. The number of ether oxygens (including phenoxy) is 2. The minimum absolute atomic E-state index is 0.186. The molecule has 0 bridgehead atoms. The highest BCUT2D eigenvalue weighted by molar-refractivity contribution is 6.09. The minimum atomic E-state index is -0.545. The van der Waals surface area contributed by atoms with E-state index in [4.69, 9.17) is 19.6 Å². The van der Waals surface area contributed by atoms with Crippen molar-refractivity contribution in [3.63, 3.8) is 0 Å². The number of primary amides is 1. The molecular formula is C24H20N2O5. The van der Waals surface area contributed by atoms with Gasteiger partial charge in [0.1, 0.15) is 22.7 Å². The van der Waals surface area contributed by atoms with Crippen LogP contribution in [0.4, 0.5) is 5.69 Å². The van der Waals surface area contributed by atoms with E-state index in [0.29, 0.717) is 22.8 Å². The number of furan rings is 1. The molecule has 0 radical (unpaired) electrons. The molecule has 0 aliphatic rings.